The molecule has 7 rings (SSSR count). The minimum Gasteiger partial charge on any atom is -0.497 e. The van der Waals surface area contributed by atoms with Crippen LogP contribution in [0.5, 0.6) is 5.75 Å². The zero-order valence-corrected chi connectivity index (χ0v) is 30.1. The molecular formula is C40H47N9O3. The monoisotopic (exact) mass is 701 g/mol. The predicted octanol–water partition coefficient (Wildman–Crippen LogP) is 6.23. The first-order valence-corrected chi connectivity index (χ1v) is 18.1. The third kappa shape index (κ3) is 7.93. The molecule has 2 aromatic heterocycles. The molecule has 12 heteroatoms. The molecule has 270 valence electrons. The maximum absolute atomic E-state index is 13.4. The van der Waals surface area contributed by atoms with Gasteiger partial charge in [0.15, 0.2) is 17.3 Å². The molecule has 1 aliphatic carbocycles. The number of amides is 2. The van der Waals surface area contributed by atoms with Crippen molar-refractivity contribution < 1.29 is 14.3 Å². The Morgan fingerprint density at radius 1 is 0.885 bits per heavy atom. The number of ether oxygens (including phenoxy) is 1. The van der Waals surface area contributed by atoms with Gasteiger partial charge in [-0.05, 0) is 108 Å². The molecule has 2 aliphatic rings. The number of imidazole rings is 1. The van der Waals surface area contributed by atoms with Crippen molar-refractivity contribution in [1.29, 1.82) is 0 Å². The average Bonchev–Trinajstić information content (AvgIpc) is 3.61. The minimum absolute atomic E-state index is 0.0170. The van der Waals surface area contributed by atoms with Gasteiger partial charge in [-0.25, -0.2) is 15.0 Å². The van der Waals surface area contributed by atoms with Crippen LogP contribution in [0.4, 0.5) is 17.2 Å². The smallest absolute Gasteiger partial charge is 0.255 e. The summed E-state index contributed by atoms with van der Waals surface area (Å²) in [4.78, 5) is 45.2. The van der Waals surface area contributed by atoms with Gasteiger partial charge in [-0.1, -0.05) is 30.3 Å². The lowest BCUT2D eigenvalue weighted by molar-refractivity contribution is -0.121. The van der Waals surface area contributed by atoms with Crippen molar-refractivity contribution in [2.75, 3.05) is 50.7 Å². The minimum atomic E-state index is -0.216. The van der Waals surface area contributed by atoms with Crippen molar-refractivity contribution >= 4 is 40.2 Å². The molecular weight excluding hydrogens is 654 g/mol. The van der Waals surface area contributed by atoms with Crippen LogP contribution in [0.25, 0.3) is 22.6 Å². The topological polar surface area (TPSA) is 144 Å². The first-order valence-electron chi connectivity index (χ1n) is 18.1. The predicted molar refractivity (Wildman–Crippen MR) is 204 cm³/mol. The number of hydrogen-bond donors (Lipinski definition) is 3. The number of nitrogens with zero attached hydrogens (tertiary/aromatic N) is 6. The number of rotatable bonds is 10. The van der Waals surface area contributed by atoms with Crippen molar-refractivity contribution in [2.24, 2.45) is 5.92 Å². The normalized spacial score (nSPS) is 18.4. The van der Waals surface area contributed by atoms with Crippen molar-refractivity contribution in [3.63, 3.8) is 0 Å². The van der Waals surface area contributed by atoms with E-state index in [9.17, 15) is 9.59 Å². The lowest BCUT2D eigenvalue weighted by atomic mass is 9.85. The summed E-state index contributed by atoms with van der Waals surface area (Å²) in [6.45, 7) is 3.10. The summed E-state index contributed by atoms with van der Waals surface area (Å²) in [5, 5.41) is 6.07. The quantitative estimate of drug-likeness (QED) is 0.154. The van der Waals surface area contributed by atoms with Crippen LogP contribution in [0.15, 0.2) is 79.1 Å². The summed E-state index contributed by atoms with van der Waals surface area (Å²) < 4.78 is 7.34. The Bertz CT molecular complexity index is 2030. The Hall–Kier alpha value is -5.33. The van der Waals surface area contributed by atoms with Crippen LogP contribution < -0.4 is 21.1 Å². The van der Waals surface area contributed by atoms with Gasteiger partial charge in [-0.2, -0.15) is 0 Å². The molecule has 12 nitrogen and oxygen atoms in total. The molecule has 1 saturated carbocycles. The third-order valence-corrected chi connectivity index (χ3v) is 10.5. The van der Waals surface area contributed by atoms with E-state index in [0.29, 0.717) is 39.9 Å². The van der Waals surface area contributed by atoms with Gasteiger partial charge in [0, 0.05) is 53.1 Å². The number of nitrogens with two attached hydrogens (primary N) is 1. The Labute approximate surface area is 304 Å². The number of fused-ring (bicyclic) bond motifs is 1. The Balaban J connectivity index is 0.989. The van der Waals surface area contributed by atoms with E-state index in [2.05, 4.69) is 61.2 Å². The Morgan fingerprint density at radius 3 is 2.37 bits per heavy atom. The van der Waals surface area contributed by atoms with Gasteiger partial charge in [0.25, 0.3) is 5.91 Å². The number of nitrogen functional groups attached to an aromatic ring is 1. The zero-order chi connectivity index (χ0) is 36.2. The van der Waals surface area contributed by atoms with E-state index in [1.54, 1.807) is 25.6 Å². The number of piperidine rings is 1. The highest BCUT2D eigenvalue weighted by molar-refractivity contribution is 6.05. The van der Waals surface area contributed by atoms with Crippen LogP contribution in [0, 0.1) is 5.92 Å². The van der Waals surface area contributed by atoms with Crippen LogP contribution in [-0.2, 0) is 11.3 Å². The molecule has 3 aromatic carbocycles. The number of anilines is 3. The molecule has 0 bridgehead atoms. The summed E-state index contributed by atoms with van der Waals surface area (Å²) in [5.41, 5.74) is 11.5. The summed E-state index contributed by atoms with van der Waals surface area (Å²) in [6.07, 6.45) is 7.21. The highest BCUT2D eigenvalue weighted by Gasteiger charge is 2.29. The van der Waals surface area contributed by atoms with Gasteiger partial charge >= 0.3 is 0 Å². The van der Waals surface area contributed by atoms with Crippen LogP contribution in [0.2, 0.25) is 0 Å². The second-order valence-corrected chi connectivity index (χ2v) is 14.2. The lowest BCUT2D eigenvalue weighted by Gasteiger charge is -2.35. The van der Waals surface area contributed by atoms with E-state index < -0.39 is 0 Å². The van der Waals surface area contributed by atoms with Crippen LogP contribution in [0.3, 0.4) is 0 Å². The van der Waals surface area contributed by atoms with E-state index in [4.69, 9.17) is 15.5 Å². The van der Waals surface area contributed by atoms with Crippen molar-refractivity contribution in [3.05, 3.63) is 90.3 Å². The summed E-state index contributed by atoms with van der Waals surface area (Å²) in [6, 6.07) is 23.5. The molecule has 4 N–H and O–H groups in total. The Morgan fingerprint density at radius 2 is 1.63 bits per heavy atom. The van der Waals surface area contributed by atoms with Gasteiger partial charge in [0.2, 0.25) is 5.91 Å². The molecule has 0 spiro atoms. The van der Waals surface area contributed by atoms with E-state index >= 15 is 0 Å². The maximum atomic E-state index is 13.4. The fraction of sp³-hybridized carbons (Fsp3) is 0.375. The largest absolute Gasteiger partial charge is 0.497 e. The number of likely N-dealkylation sites (tertiary alicyclic amines) is 1. The summed E-state index contributed by atoms with van der Waals surface area (Å²) in [5.74, 6) is 1.12. The fourth-order valence-electron chi connectivity index (χ4n) is 7.44. The SMILES string of the molecule is COc1cccc(NC(=O)[C@H]2CC[C@@H](n3cnc4c(N)nc(-c5cccc(C(=O)Nc6ccc(CN7CCC(N(C)C)CC7)cc6)c5)nc43)CC2)c1. The number of nitrogens with one attached hydrogen (secondary N) is 2. The van der Waals surface area contributed by atoms with Gasteiger partial charge in [0.1, 0.15) is 11.3 Å². The molecule has 0 radical (unpaired) electrons. The average molecular weight is 702 g/mol. The van der Waals surface area contributed by atoms with Crippen molar-refractivity contribution in [1.82, 2.24) is 29.3 Å². The van der Waals surface area contributed by atoms with Crippen LogP contribution >= 0.6 is 0 Å². The third-order valence-electron chi connectivity index (χ3n) is 10.5. The van der Waals surface area contributed by atoms with E-state index in [1.807, 2.05) is 48.5 Å². The number of aromatic nitrogens is 4. The molecule has 2 fully saturated rings. The van der Waals surface area contributed by atoms with Crippen molar-refractivity contribution in [2.45, 2.75) is 57.2 Å². The van der Waals surface area contributed by atoms with Gasteiger partial charge in [-0.15, -0.1) is 0 Å². The van der Waals surface area contributed by atoms with Gasteiger partial charge < -0.3 is 30.6 Å². The second kappa shape index (κ2) is 15.5. The molecule has 1 aliphatic heterocycles. The standard InChI is InChI=1S/C40H47N9O3/c1-47(2)32-18-20-48(21-19-32)24-26-10-14-30(15-11-26)43-40(51)29-7-4-6-28(22-29)37-45-36(41)35-38(46-37)49(25-42-35)33-16-12-27(13-17-33)39(50)44-31-8-5-9-34(23-31)52-3/h4-11,14-15,22-23,25,27,32-33H,12-13,16-21,24H2,1-3H3,(H,43,51)(H,44,50)(H2,41,45,46)/t27-,33+. The number of carbonyl (C=O) groups excluding carboxylic acids is 2. The number of hydrogen-bond acceptors (Lipinski definition) is 9. The molecule has 1 saturated heterocycles. The Kier molecular flexibility index (Phi) is 10.5. The van der Waals surface area contributed by atoms with Crippen LogP contribution in [0.1, 0.15) is 60.5 Å². The molecule has 0 atom stereocenters. The van der Waals surface area contributed by atoms with Gasteiger partial charge in [-0.3, -0.25) is 14.5 Å². The molecule has 0 unspecified atom stereocenters. The van der Waals surface area contributed by atoms with Gasteiger partial charge in [0.05, 0.1) is 13.4 Å². The number of carbonyl (C=O) groups is 2. The van der Waals surface area contributed by atoms with Crippen molar-refractivity contribution in [3.8, 4) is 17.1 Å². The number of methoxy groups -OCH3 is 1. The first-order chi connectivity index (χ1) is 25.2. The fourth-order valence-corrected chi connectivity index (χ4v) is 7.44. The second-order valence-electron chi connectivity index (χ2n) is 14.2. The molecule has 52 heavy (non-hydrogen) atoms. The summed E-state index contributed by atoms with van der Waals surface area (Å²) >= 11 is 0. The first kappa shape index (κ1) is 35.1. The lowest BCUT2D eigenvalue weighted by Crippen LogP contribution is -2.41. The number of benzene rings is 3. The highest BCUT2D eigenvalue weighted by atomic mass is 16.5. The van der Waals surface area contributed by atoms with E-state index in [-0.39, 0.29) is 29.6 Å². The summed E-state index contributed by atoms with van der Waals surface area (Å²) in [7, 11) is 5.93. The molecule has 2 amide bonds. The molecule has 3 heterocycles. The molecule has 5 aromatic rings. The highest BCUT2D eigenvalue weighted by Crippen LogP contribution is 2.35. The maximum Gasteiger partial charge on any atom is 0.255 e. The zero-order valence-electron chi connectivity index (χ0n) is 30.1. The van der Waals surface area contributed by atoms with E-state index in [0.717, 1.165) is 56.7 Å². The van der Waals surface area contributed by atoms with E-state index in [1.165, 1.54) is 18.4 Å². The van der Waals surface area contributed by atoms with Crippen LogP contribution in [-0.4, -0.2) is 81.5 Å².